The molecule has 1 N–H and O–H groups in total. The average Bonchev–Trinajstić information content (AvgIpc) is 3.45. The van der Waals surface area contributed by atoms with Crippen LogP contribution in [0.4, 0.5) is 5.69 Å². The first kappa shape index (κ1) is 23.2. The number of ether oxygens (including phenoxy) is 1. The Morgan fingerprint density at radius 3 is 2.76 bits per heavy atom. The van der Waals surface area contributed by atoms with E-state index in [1.54, 1.807) is 49.8 Å². The molecule has 1 aromatic carbocycles. The zero-order valence-electron chi connectivity index (χ0n) is 18.6. The first-order chi connectivity index (χ1) is 15.7. The molecule has 33 heavy (non-hydrogen) atoms. The number of nitrogens with zero attached hydrogens (tertiary/aromatic N) is 5. The van der Waals surface area contributed by atoms with Crippen LogP contribution < -0.4 is 10.1 Å². The summed E-state index contributed by atoms with van der Waals surface area (Å²) in [5.41, 5.74) is 0.912. The monoisotopic (exact) mass is 488 g/mol. The van der Waals surface area contributed by atoms with E-state index in [1.165, 1.54) is 30.0 Å². The lowest BCUT2D eigenvalue weighted by Gasteiger charge is -2.15. The second-order valence-corrected chi connectivity index (χ2v) is 11.3. The molecule has 1 saturated carbocycles. The van der Waals surface area contributed by atoms with Gasteiger partial charge in [-0.05, 0) is 56.0 Å². The average molecular weight is 489 g/mol. The number of hydrogen-bond donors (Lipinski definition) is 1. The van der Waals surface area contributed by atoms with Gasteiger partial charge in [0.25, 0.3) is 5.91 Å². The van der Waals surface area contributed by atoms with Crippen LogP contribution in [0, 0.1) is 5.92 Å². The molecule has 3 aromatic rings. The van der Waals surface area contributed by atoms with Crippen molar-refractivity contribution < 1.29 is 13.7 Å². The van der Waals surface area contributed by atoms with Crippen molar-refractivity contribution in [1.82, 2.24) is 25.1 Å². The van der Waals surface area contributed by atoms with Gasteiger partial charge in [0.2, 0.25) is 0 Å². The number of rotatable bonds is 8. The third kappa shape index (κ3) is 6.29. The maximum absolute atomic E-state index is 12.9. The van der Waals surface area contributed by atoms with Crippen molar-refractivity contribution in [3.63, 3.8) is 0 Å². The van der Waals surface area contributed by atoms with E-state index in [-0.39, 0.29) is 5.91 Å². The van der Waals surface area contributed by atoms with E-state index in [1.807, 2.05) is 0 Å². The summed E-state index contributed by atoms with van der Waals surface area (Å²) in [6, 6.07) is 7.94. The van der Waals surface area contributed by atoms with Gasteiger partial charge in [0.1, 0.15) is 12.1 Å². The fourth-order valence-corrected chi connectivity index (χ4v) is 3.99. The van der Waals surface area contributed by atoms with E-state index in [4.69, 9.17) is 16.3 Å². The number of benzene rings is 1. The minimum Gasteiger partial charge on any atom is -0.493 e. The Labute approximate surface area is 197 Å². The van der Waals surface area contributed by atoms with E-state index < -0.39 is 15.8 Å². The normalized spacial score (nSPS) is 14.5. The van der Waals surface area contributed by atoms with Gasteiger partial charge in [-0.15, -0.1) is 0 Å². The van der Waals surface area contributed by atoms with Crippen molar-refractivity contribution in [2.45, 2.75) is 25.8 Å². The Balaban J connectivity index is 1.48. The zero-order chi connectivity index (χ0) is 23.6. The van der Waals surface area contributed by atoms with Crippen LogP contribution in [0.1, 0.15) is 42.0 Å². The van der Waals surface area contributed by atoms with Crippen LogP contribution in [-0.2, 0) is 9.73 Å². The molecule has 0 unspecified atom stereocenters. The van der Waals surface area contributed by atoms with Gasteiger partial charge in [-0.2, -0.15) is 14.1 Å². The second kappa shape index (κ2) is 9.48. The minimum absolute atomic E-state index is 0.307. The van der Waals surface area contributed by atoms with E-state index in [9.17, 15) is 9.00 Å². The van der Waals surface area contributed by atoms with Crippen LogP contribution in [0.25, 0.3) is 5.82 Å². The molecule has 2 aromatic heterocycles. The standard InChI is InChI=1S/C22H25ClN6O3S/c1-14(27-22(30)16-8-17(23)10-19(9-16)32-12-15-4-5-15)21-25-13-26-29(21)20-7-6-18(11-24-20)28-33(2,3)31/h6-11,13-15H,4-5,12H2,1-3H3,(H,27,30)/t14-/m0/s1. The summed E-state index contributed by atoms with van der Waals surface area (Å²) in [5.74, 6) is 1.87. The van der Waals surface area contributed by atoms with Gasteiger partial charge in [0, 0.05) is 32.8 Å². The van der Waals surface area contributed by atoms with E-state index in [0.29, 0.717) is 46.2 Å². The highest BCUT2D eigenvalue weighted by Gasteiger charge is 2.23. The maximum atomic E-state index is 12.9. The summed E-state index contributed by atoms with van der Waals surface area (Å²) >= 11 is 6.20. The lowest BCUT2D eigenvalue weighted by molar-refractivity contribution is 0.0937. The van der Waals surface area contributed by atoms with Gasteiger partial charge >= 0.3 is 0 Å². The molecule has 0 spiro atoms. The quantitative estimate of drug-likeness (QED) is 0.513. The lowest BCUT2D eigenvalue weighted by Crippen LogP contribution is -2.29. The van der Waals surface area contributed by atoms with Gasteiger partial charge in [-0.25, -0.2) is 14.2 Å². The van der Waals surface area contributed by atoms with Crippen LogP contribution >= 0.6 is 11.6 Å². The van der Waals surface area contributed by atoms with Crippen LogP contribution in [-0.4, -0.2) is 49.0 Å². The number of pyridine rings is 1. The van der Waals surface area contributed by atoms with Crippen LogP contribution in [0.2, 0.25) is 5.02 Å². The third-order valence-corrected chi connectivity index (χ3v) is 5.77. The summed E-state index contributed by atoms with van der Waals surface area (Å²) < 4.78 is 23.3. The third-order valence-electron chi connectivity index (χ3n) is 4.90. The Morgan fingerprint density at radius 1 is 1.30 bits per heavy atom. The van der Waals surface area contributed by atoms with E-state index >= 15 is 0 Å². The Morgan fingerprint density at radius 2 is 2.09 bits per heavy atom. The highest BCUT2D eigenvalue weighted by molar-refractivity contribution is 7.92. The predicted molar refractivity (Wildman–Crippen MR) is 127 cm³/mol. The summed E-state index contributed by atoms with van der Waals surface area (Å²) in [4.78, 5) is 21.5. The molecular weight excluding hydrogens is 464 g/mol. The first-order valence-corrected chi connectivity index (χ1v) is 13.2. The molecule has 0 radical (unpaired) electrons. The summed E-state index contributed by atoms with van der Waals surface area (Å²) in [5, 5.41) is 7.58. The van der Waals surface area contributed by atoms with Gasteiger partial charge in [-0.3, -0.25) is 4.79 Å². The Bertz CT molecular complexity index is 1270. The molecule has 0 saturated heterocycles. The molecule has 2 heterocycles. The number of aromatic nitrogens is 4. The fourth-order valence-electron chi connectivity index (χ4n) is 3.15. The number of carbonyl (C=O) groups excluding carboxylic acids is 1. The van der Waals surface area contributed by atoms with Crippen LogP contribution in [0.3, 0.4) is 0 Å². The van der Waals surface area contributed by atoms with Gasteiger partial charge < -0.3 is 10.1 Å². The van der Waals surface area contributed by atoms with E-state index in [2.05, 4.69) is 24.7 Å². The number of carbonyl (C=O) groups is 1. The molecule has 1 fully saturated rings. The molecule has 11 heteroatoms. The molecule has 1 atom stereocenters. The van der Waals surface area contributed by atoms with E-state index in [0.717, 1.165) is 0 Å². The SMILES string of the molecule is C[C@H](NC(=O)c1cc(Cl)cc(OCC2CC2)c1)c1ncnn1-c1ccc(N=S(C)(C)=O)cn1. The van der Waals surface area contributed by atoms with Crippen LogP contribution in [0.15, 0.2) is 47.2 Å². The zero-order valence-corrected chi connectivity index (χ0v) is 20.1. The molecule has 1 amide bonds. The summed E-state index contributed by atoms with van der Waals surface area (Å²) in [7, 11) is -2.28. The second-order valence-electron chi connectivity index (χ2n) is 8.30. The Hall–Kier alpha value is -2.98. The summed E-state index contributed by atoms with van der Waals surface area (Å²) in [6.07, 6.45) is 8.38. The lowest BCUT2D eigenvalue weighted by atomic mass is 10.2. The van der Waals surface area contributed by atoms with Crippen molar-refractivity contribution in [3.8, 4) is 11.6 Å². The molecule has 9 nitrogen and oxygen atoms in total. The minimum atomic E-state index is -2.28. The number of hydrogen-bond acceptors (Lipinski definition) is 7. The molecule has 1 aliphatic rings. The first-order valence-electron chi connectivity index (χ1n) is 10.5. The van der Waals surface area contributed by atoms with Gasteiger partial charge in [0.05, 0.1) is 24.5 Å². The van der Waals surface area contributed by atoms with Crippen molar-refractivity contribution in [3.05, 3.63) is 59.3 Å². The van der Waals surface area contributed by atoms with Crippen molar-refractivity contribution >= 4 is 32.9 Å². The van der Waals surface area contributed by atoms with Crippen molar-refractivity contribution in [2.75, 3.05) is 19.1 Å². The highest BCUT2D eigenvalue weighted by Crippen LogP contribution is 2.30. The molecular formula is C22H25ClN6O3S. The predicted octanol–water partition coefficient (Wildman–Crippen LogP) is 3.95. The number of halogens is 1. The topological polar surface area (TPSA) is 111 Å². The fraction of sp³-hybridized carbons (Fsp3) is 0.364. The largest absolute Gasteiger partial charge is 0.493 e. The number of nitrogens with one attached hydrogen (secondary N) is 1. The Kier molecular flexibility index (Phi) is 6.66. The smallest absolute Gasteiger partial charge is 0.252 e. The molecule has 0 aliphatic heterocycles. The molecule has 174 valence electrons. The molecule has 0 bridgehead atoms. The van der Waals surface area contributed by atoms with Gasteiger partial charge in [-0.1, -0.05) is 11.6 Å². The molecule has 4 rings (SSSR count). The number of amides is 1. The van der Waals surface area contributed by atoms with Crippen molar-refractivity contribution in [2.24, 2.45) is 10.3 Å². The highest BCUT2D eigenvalue weighted by atomic mass is 35.5. The van der Waals surface area contributed by atoms with Crippen molar-refractivity contribution in [1.29, 1.82) is 0 Å². The summed E-state index contributed by atoms with van der Waals surface area (Å²) in [6.45, 7) is 2.44. The molecule has 1 aliphatic carbocycles. The van der Waals surface area contributed by atoms with Crippen LogP contribution in [0.5, 0.6) is 5.75 Å². The maximum Gasteiger partial charge on any atom is 0.252 e. The van der Waals surface area contributed by atoms with Gasteiger partial charge in [0.15, 0.2) is 11.6 Å².